The molecule has 5 heteroatoms. The monoisotopic (exact) mass is 291 g/mol. The Kier molecular flexibility index (Phi) is 3.78. The van der Waals surface area contributed by atoms with Crippen LogP contribution in [0.2, 0.25) is 0 Å². The molecule has 1 amide bonds. The van der Waals surface area contributed by atoms with Crippen molar-refractivity contribution in [3.63, 3.8) is 0 Å². The first-order valence-corrected chi connectivity index (χ1v) is 6.73. The van der Waals surface area contributed by atoms with E-state index >= 15 is 0 Å². The number of hydrogen-bond acceptors (Lipinski definition) is 3. The van der Waals surface area contributed by atoms with Gasteiger partial charge in [0.05, 0.1) is 5.69 Å². The normalized spacial score (nSPS) is 10.2. The van der Waals surface area contributed by atoms with E-state index in [1.54, 1.807) is 30.5 Å². The lowest BCUT2D eigenvalue weighted by atomic mass is 10.1. The van der Waals surface area contributed by atoms with Crippen molar-refractivity contribution in [3.05, 3.63) is 71.9 Å². The fourth-order valence-electron chi connectivity index (χ4n) is 2.11. The van der Waals surface area contributed by atoms with Crippen molar-refractivity contribution < 1.29 is 9.59 Å². The molecule has 108 valence electrons. The van der Waals surface area contributed by atoms with E-state index in [9.17, 15) is 9.59 Å². The number of aromatic amines is 1. The highest BCUT2D eigenvalue weighted by molar-refractivity contribution is 6.05. The standard InChI is InChI=1S/C17H13N3O2/c21-11-12-2-1-3-14(10-12)17(22)19-15-6-4-13(5-7-15)16-8-9-18-20-16/h1-11H,(H,18,20)(H,19,22). The average Bonchev–Trinajstić information content (AvgIpc) is 3.10. The molecule has 2 aromatic carbocycles. The van der Waals surface area contributed by atoms with E-state index in [0.717, 1.165) is 17.5 Å². The molecule has 0 aliphatic rings. The van der Waals surface area contributed by atoms with Crippen molar-refractivity contribution in [2.45, 2.75) is 0 Å². The summed E-state index contributed by atoms with van der Waals surface area (Å²) in [5, 5.41) is 9.59. The van der Waals surface area contributed by atoms with Gasteiger partial charge in [-0.1, -0.05) is 24.3 Å². The number of aromatic nitrogens is 2. The molecule has 0 spiro atoms. The van der Waals surface area contributed by atoms with Crippen LogP contribution < -0.4 is 5.32 Å². The lowest BCUT2D eigenvalue weighted by Crippen LogP contribution is -2.12. The van der Waals surface area contributed by atoms with Crippen LogP contribution in [0.5, 0.6) is 0 Å². The fraction of sp³-hybridized carbons (Fsp3) is 0. The van der Waals surface area contributed by atoms with Gasteiger partial charge < -0.3 is 5.32 Å². The quantitative estimate of drug-likeness (QED) is 0.725. The summed E-state index contributed by atoms with van der Waals surface area (Å²) >= 11 is 0. The van der Waals surface area contributed by atoms with Crippen LogP contribution >= 0.6 is 0 Å². The van der Waals surface area contributed by atoms with Gasteiger partial charge in [-0.2, -0.15) is 5.10 Å². The van der Waals surface area contributed by atoms with Crippen LogP contribution in [-0.4, -0.2) is 22.4 Å². The van der Waals surface area contributed by atoms with Crippen LogP contribution in [0.1, 0.15) is 20.7 Å². The molecule has 1 aromatic heterocycles. The summed E-state index contributed by atoms with van der Waals surface area (Å²) in [6.07, 6.45) is 2.40. The van der Waals surface area contributed by atoms with Crippen molar-refractivity contribution in [1.82, 2.24) is 10.2 Å². The minimum Gasteiger partial charge on any atom is -0.322 e. The summed E-state index contributed by atoms with van der Waals surface area (Å²) in [4.78, 5) is 22.9. The van der Waals surface area contributed by atoms with Gasteiger partial charge in [0.15, 0.2) is 0 Å². The Balaban J connectivity index is 1.75. The molecule has 22 heavy (non-hydrogen) atoms. The number of nitrogens with one attached hydrogen (secondary N) is 2. The Bertz CT molecular complexity index is 793. The molecule has 2 N–H and O–H groups in total. The third-order valence-electron chi connectivity index (χ3n) is 3.24. The first kappa shape index (κ1) is 13.8. The Morgan fingerprint density at radius 3 is 2.59 bits per heavy atom. The smallest absolute Gasteiger partial charge is 0.255 e. The van der Waals surface area contributed by atoms with E-state index < -0.39 is 0 Å². The average molecular weight is 291 g/mol. The van der Waals surface area contributed by atoms with E-state index in [-0.39, 0.29) is 5.91 Å². The molecule has 0 radical (unpaired) electrons. The predicted molar refractivity (Wildman–Crippen MR) is 83.8 cm³/mol. The van der Waals surface area contributed by atoms with Gasteiger partial charge in [0.1, 0.15) is 6.29 Å². The zero-order valence-corrected chi connectivity index (χ0v) is 11.6. The molecule has 0 saturated heterocycles. The van der Waals surface area contributed by atoms with Crippen LogP contribution in [0, 0.1) is 0 Å². The Labute approximate surface area is 127 Å². The minimum absolute atomic E-state index is 0.252. The fourth-order valence-corrected chi connectivity index (χ4v) is 2.11. The van der Waals surface area contributed by atoms with Crippen LogP contribution in [-0.2, 0) is 0 Å². The second-order valence-electron chi connectivity index (χ2n) is 4.75. The SMILES string of the molecule is O=Cc1cccc(C(=O)Nc2ccc(-c3ccn[nH]3)cc2)c1. The highest BCUT2D eigenvalue weighted by Crippen LogP contribution is 2.19. The van der Waals surface area contributed by atoms with Gasteiger partial charge >= 0.3 is 0 Å². The molecule has 5 nitrogen and oxygen atoms in total. The number of amides is 1. The number of aldehydes is 1. The minimum atomic E-state index is -0.252. The van der Waals surface area contributed by atoms with E-state index in [1.807, 2.05) is 30.3 Å². The number of nitrogens with zero attached hydrogens (tertiary/aromatic N) is 1. The summed E-state index contributed by atoms with van der Waals surface area (Å²) in [6.45, 7) is 0. The Morgan fingerprint density at radius 2 is 1.91 bits per heavy atom. The molecule has 0 unspecified atom stereocenters. The van der Waals surface area contributed by atoms with Crippen LogP contribution in [0.4, 0.5) is 5.69 Å². The molecular weight excluding hydrogens is 278 g/mol. The summed E-state index contributed by atoms with van der Waals surface area (Å²) in [5.74, 6) is -0.252. The van der Waals surface area contributed by atoms with Crippen LogP contribution in [0.15, 0.2) is 60.8 Å². The molecule has 0 atom stereocenters. The third kappa shape index (κ3) is 2.93. The van der Waals surface area contributed by atoms with Crippen LogP contribution in [0.3, 0.4) is 0 Å². The molecule has 0 aliphatic carbocycles. The first-order chi connectivity index (χ1) is 10.8. The van der Waals surface area contributed by atoms with Gasteiger partial charge in [-0.05, 0) is 35.9 Å². The van der Waals surface area contributed by atoms with E-state index in [0.29, 0.717) is 16.8 Å². The summed E-state index contributed by atoms with van der Waals surface area (Å²) in [7, 11) is 0. The van der Waals surface area contributed by atoms with Crippen molar-refractivity contribution in [1.29, 1.82) is 0 Å². The number of hydrogen-bond donors (Lipinski definition) is 2. The van der Waals surface area contributed by atoms with Crippen molar-refractivity contribution in [2.75, 3.05) is 5.32 Å². The van der Waals surface area contributed by atoms with E-state index in [1.165, 1.54) is 0 Å². The molecule has 0 bridgehead atoms. The molecule has 3 aromatic rings. The number of rotatable bonds is 4. The van der Waals surface area contributed by atoms with Crippen molar-refractivity contribution in [3.8, 4) is 11.3 Å². The number of anilines is 1. The zero-order valence-electron chi connectivity index (χ0n) is 11.6. The number of H-pyrrole nitrogens is 1. The van der Waals surface area contributed by atoms with E-state index in [2.05, 4.69) is 15.5 Å². The lowest BCUT2D eigenvalue weighted by molar-refractivity contribution is 0.102. The van der Waals surface area contributed by atoms with Crippen molar-refractivity contribution in [2.24, 2.45) is 0 Å². The Morgan fingerprint density at radius 1 is 1.09 bits per heavy atom. The second kappa shape index (κ2) is 6.05. The summed E-state index contributed by atoms with van der Waals surface area (Å²) in [5.41, 5.74) is 3.50. The van der Waals surface area contributed by atoms with Gasteiger partial charge in [0.25, 0.3) is 5.91 Å². The van der Waals surface area contributed by atoms with Gasteiger partial charge in [0, 0.05) is 23.0 Å². The molecule has 0 saturated carbocycles. The van der Waals surface area contributed by atoms with Crippen LogP contribution in [0.25, 0.3) is 11.3 Å². The van der Waals surface area contributed by atoms with Gasteiger partial charge in [-0.25, -0.2) is 0 Å². The molecular formula is C17H13N3O2. The number of carbonyl (C=O) groups is 2. The predicted octanol–water partition coefficient (Wildman–Crippen LogP) is 3.14. The lowest BCUT2D eigenvalue weighted by Gasteiger charge is -2.06. The zero-order chi connectivity index (χ0) is 15.4. The maximum atomic E-state index is 12.2. The number of benzene rings is 2. The summed E-state index contributed by atoms with van der Waals surface area (Å²) < 4.78 is 0. The number of carbonyl (C=O) groups excluding carboxylic acids is 2. The maximum Gasteiger partial charge on any atom is 0.255 e. The maximum absolute atomic E-state index is 12.2. The van der Waals surface area contributed by atoms with Gasteiger partial charge in [0.2, 0.25) is 0 Å². The molecule has 3 rings (SSSR count). The summed E-state index contributed by atoms with van der Waals surface area (Å²) in [6, 6.07) is 15.9. The van der Waals surface area contributed by atoms with E-state index in [4.69, 9.17) is 0 Å². The molecule has 0 aliphatic heterocycles. The highest BCUT2D eigenvalue weighted by Gasteiger charge is 2.07. The van der Waals surface area contributed by atoms with Gasteiger partial charge in [-0.3, -0.25) is 14.7 Å². The Hall–Kier alpha value is -3.21. The second-order valence-corrected chi connectivity index (χ2v) is 4.75. The van der Waals surface area contributed by atoms with Gasteiger partial charge in [-0.15, -0.1) is 0 Å². The third-order valence-corrected chi connectivity index (χ3v) is 3.24. The topological polar surface area (TPSA) is 74.8 Å². The first-order valence-electron chi connectivity index (χ1n) is 6.73. The molecule has 0 fully saturated rings. The highest BCUT2D eigenvalue weighted by atomic mass is 16.1. The van der Waals surface area contributed by atoms with Crippen molar-refractivity contribution >= 4 is 17.9 Å². The largest absolute Gasteiger partial charge is 0.322 e. The molecule has 1 heterocycles.